The van der Waals surface area contributed by atoms with Crippen molar-refractivity contribution in [3.8, 4) is 0 Å². The molecule has 3 aliphatic rings. The molecule has 19 heavy (non-hydrogen) atoms. The van der Waals surface area contributed by atoms with E-state index in [1.165, 1.54) is 43.6 Å². The molecule has 4 heteroatoms. The van der Waals surface area contributed by atoms with E-state index in [1.54, 1.807) is 0 Å². The van der Waals surface area contributed by atoms with E-state index in [-0.39, 0.29) is 6.04 Å². The van der Waals surface area contributed by atoms with Crippen molar-refractivity contribution in [1.82, 2.24) is 10.2 Å². The number of likely N-dealkylation sites (N-methyl/N-ethyl adjacent to an activating group) is 1. The lowest BCUT2D eigenvalue weighted by Gasteiger charge is -2.34. The molecule has 2 saturated heterocycles. The molecule has 3 nitrogen and oxygen atoms in total. The van der Waals surface area contributed by atoms with Crippen molar-refractivity contribution >= 4 is 17.7 Å². The van der Waals surface area contributed by atoms with Gasteiger partial charge in [0.25, 0.3) is 0 Å². The highest BCUT2D eigenvalue weighted by Crippen LogP contribution is 2.37. The Kier molecular flexibility index (Phi) is 4.37. The second-order valence-electron chi connectivity index (χ2n) is 6.40. The average molecular weight is 282 g/mol. The fourth-order valence-electron chi connectivity index (χ4n) is 4.13. The van der Waals surface area contributed by atoms with Gasteiger partial charge in [-0.15, -0.1) is 0 Å². The van der Waals surface area contributed by atoms with Crippen LogP contribution >= 0.6 is 11.8 Å². The number of thioether (sulfide) groups is 1. The first-order chi connectivity index (χ1) is 9.29. The summed E-state index contributed by atoms with van der Waals surface area (Å²) in [6.45, 7) is 1.02. The molecule has 0 radical (unpaired) electrons. The van der Waals surface area contributed by atoms with Crippen LogP contribution < -0.4 is 5.32 Å². The number of nitrogens with one attached hydrogen (secondary N) is 1. The molecule has 1 saturated carbocycles. The normalized spacial score (nSPS) is 39.4. The van der Waals surface area contributed by atoms with Crippen molar-refractivity contribution in [3.63, 3.8) is 0 Å². The first-order valence-electron chi connectivity index (χ1n) is 7.85. The molecule has 0 aromatic carbocycles. The van der Waals surface area contributed by atoms with Crippen molar-refractivity contribution in [3.05, 3.63) is 0 Å². The monoisotopic (exact) mass is 282 g/mol. The zero-order valence-electron chi connectivity index (χ0n) is 11.9. The second kappa shape index (κ2) is 6.04. The molecule has 2 aliphatic heterocycles. The van der Waals surface area contributed by atoms with E-state index >= 15 is 0 Å². The quantitative estimate of drug-likeness (QED) is 0.860. The van der Waals surface area contributed by atoms with Crippen molar-refractivity contribution in [1.29, 1.82) is 0 Å². The molecule has 0 aromatic rings. The number of nitrogens with zero attached hydrogens (tertiary/aromatic N) is 1. The van der Waals surface area contributed by atoms with Gasteiger partial charge in [0.15, 0.2) is 0 Å². The summed E-state index contributed by atoms with van der Waals surface area (Å²) < 4.78 is 0. The van der Waals surface area contributed by atoms with Crippen molar-refractivity contribution < 1.29 is 4.79 Å². The molecule has 0 spiro atoms. The third-order valence-corrected chi connectivity index (χ3v) is 6.49. The van der Waals surface area contributed by atoms with Gasteiger partial charge < -0.3 is 10.2 Å². The largest absolute Gasteiger partial charge is 0.338 e. The van der Waals surface area contributed by atoms with E-state index < -0.39 is 0 Å². The van der Waals surface area contributed by atoms with Crippen LogP contribution in [0.3, 0.4) is 0 Å². The topological polar surface area (TPSA) is 32.3 Å². The Morgan fingerprint density at radius 2 is 2.16 bits per heavy atom. The van der Waals surface area contributed by atoms with Crippen molar-refractivity contribution in [2.24, 2.45) is 11.8 Å². The first kappa shape index (κ1) is 13.7. The van der Waals surface area contributed by atoms with Crippen LogP contribution in [-0.4, -0.2) is 48.0 Å². The van der Waals surface area contributed by atoms with Crippen LogP contribution in [-0.2, 0) is 4.79 Å². The highest BCUT2D eigenvalue weighted by Gasteiger charge is 2.40. The van der Waals surface area contributed by atoms with Crippen LogP contribution in [0.1, 0.15) is 38.5 Å². The third-order valence-electron chi connectivity index (χ3n) is 5.25. The molecule has 2 heterocycles. The number of carbonyl (C=O) groups is 1. The van der Waals surface area contributed by atoms with E-state index in [0.29, 0.717) is 11.9 Å². The van der Waals surface area contributed by atoms with Gasteiger partial charge in [0, 0.05) is 12.6 Å². The molecule has 1 N–H and O–H groups in total. The summed E-state index contributed by atoms with van der Waals surface area (Å²) in [5.41, 5.74) is 0. The minimum absolute atomic E-state index is 0.0691. The van der Waals surface area contributed by atoms with Crippen LogP contribution in [0, 0.1) is 11.8 Å². The smallest absolute Gasteiger partial charge is 0.239 e. The first-order valence-corrected chi connectivity index (χ1v) is 9.00. The van der Waals surface area contributed by atoms with Crippen molar-refractivity contribution in [2.75, 3.05) is 25.1 Å². The lowest BCUT2D eigenvalue weighted by Crippen LogP contribution is -2.49. The number of hydrogen-bond acceptors (Lipinski definition) is 3. The number of rotatable bonds is 3. The SMILES string of the molecule is CNC1CCC2CCCC2N(CC2CCSC2)C1=O. The number of carbonyl (C=O) groups excluding carboxylic acids is 1. The summed E-state index contributed by atoms with van der Waals surface area (Å²) in [6, 6.07) is 0.621. The van der Waals surface area contributed by atoms with E-state index in [0.717, 1.165) is 24.8 Å². The van der Waals surface area contributed by atoms with Crippen LogP contribution in [0.5, 0.6) is 0 Å². The summed E-state index contributed by atoms with van der Waals surface area (Å²) in [7, 11) is 1.94. The number of amides is 1. The molecular weight excluding hydrogens is 256 g/mol. The maximum Gasteiger partial charge on any atom is 0.239 e. The standard InChI is InChI=1S/C15H26N2OS/c1-16-13-6-5-12-3-2-4-14(12)17(15(13)18)9-11-7-8-19-10-11/h11-14,16H,2-10H2,1H3. The van der Waals surface area contributed by atoms with Gasteiger partial charge >= 0.3 is 0 Å². The summed E-state index contributed by atoms with van der Waals surface area (Å²) in [5.74, 6) is 4.44. The van der Waals surface area contributed by atoms with Crippen molar-refractivity contribution in [2.45, 2.75) is 50.6 Å². The Morgan fingerprint density at radius 1 is 1.26 bits per heavy atom. The fourth-order valence-corrected chi connectivity index (χ4v) is 5.40. The zero-order valence-corrected chi connectivity index (χ0v) is 12.8. The summed E-state index contributed by atoms with van der Waals surface area (Å²) >= 11 is 2.06. The number of fused-ring (bicyclic) bond motifs is 1. The molecule has 108 valence electrons. The van der Waals surface area contributed by atoms with Crippen LogP contribution in [0.25, 0.3) is 0 Å². The Morgan fingerprint density at radius 3 is 2.89 bits per heavy atom. The van der Waals surface area contributed by atoms with Gasteiger partial charge in [-0.05, 0) is 62.5 Å². The molecule has 0 bridgehead atoms. The molecule has 3 rings (SSSR count). The minimum Gasteiger partial charge on any atom is -0.338 e. The van der Waals surface area contributed by atoms with E-state index in [2.05, 4.69) is 22.0 Å². The third kappa shape index (κ3) is 2.80. The minimum atomic E-state index is 0.0691. The van der Waals surface area contributed by atoms with Gasteiger partial charge in [-0.1, -0.05) is 6.42 Å². The fraction of sp³-hybridized carbons (Fsp3) is 0.933. The van der Waals surface area contributed by atoms with Gasteiger partial charge in [-0.25, -0.2) is 0 Å². The van der Waals surface area contributed by atoms with E-state index in [1.807, 2.05) is 7.05 Å². The Hall–Kier alpha value is -0.220. The summed E-state index contributed by atoms with van der Waals surface area (Å²) in [6.07, 6.45) is 7.47. The molecule has 4 atom stereocenters. The Bertz CT molecular complexity index is 330. The maximum atomic E-state index is 12.8. The number of hydrogen-bond donors (Lipinski definition) is 1. The molecule has 0 aromatic heterocycles. The lowest BCUT2D eigenvalue weighted by atomic mass is 9.97. The van der Waals surface area contributed by atoms with E-state index in [9.17, 15) is 4.79 Å². The van der Waals surface area contributed by atoms with Crippen LogP contribution in [0.2, 0.25) is 0 Å². The molecule has 1 amide bonds. The molecule has 4 unspecified atom stereocenters. The Balaban J connectivity index is 1.75. The summed E-state index contributed by atoms with van der Waals surface area (Å²) in [5, 5.41) is 3.24. The van der Waals surface area contributed by atoms with Crippen LogP contribution in [0.15, 0.2) is 0 Å². The second-order valence-corrected chi connectivity index (χ2v) is 7.55. The number of likely N-dealkylation sites (tertiary alicyclic amines) is 1. The van der Waals surface area contributed by atoms with Gasteiger partial charge in [-0.3, -0.25) is 4.79 Å². The predicted molar refractivity (Wildman–Crippen MR) is 80.4 cm³/mol. The lowest BCUT2D eigenvalue weighted by molar-refractivity contribution is -0.135. The zero-order chi connectivity index (χ0) is 13.2. The highest BCUT2D eigenvalue weighted by atomic mass is 32.2. The van der Waals surface area contributed by atoms with Gasteiger partial charge in [-0.2, -0.15) is 11.8 Å². The van der Waals surface area contributed by atoms with Gasteiger partial charge in [0.2, 0.25) is 5.91 Å². The molecule has 1 aliphatic carbocycles. The maximum absolute atomic E-state index is 12.8. The predicted octanol–water partition coefficient (Wildman–Crippen LogP) is 2.12. The molecule has 3 fully saturated rings. The highest BCUT2D eigenvalue weighted by molar-refractivity contribution is 7.99. The summed E-state index contributed by atoms with van der Waals surface area (Å²) in [4.78, 5) is 15.0. The molecular formula is C15H26N2OS. The van der Waals surface area contributed by atoms with Crippen LogP contribution in [0.4, 0.5) is 0 Å². The van der Waals surface area contributed by atoms with Gasteiger partial charge in [0.1, 0.15) is 0 Å². The van der Waals surface area contributed by atoms with E-state index in [4.69, 9.17) is 0 Å². The average Bonchev–Trinajstić information content (AvgIpc) is 3.05. The van der Waals surface area contributed by atoms with Gasteiger partial charge in [0.05, 0.1) is 6.04 Å². The Labute approximate surface area is 120 Å².